The van der Waals surface area contributed by atoms with Crippen molar-refractivity contribution in [2.24, 2.45) is 0 Å². The van der Waals surface area contributed by atoms with Gasteiger partial charge < -0.3 is 19.7 Å². The molecule has 1 heterocycles. The molecule has 0 spiro atoms. The number of sulfonamides is 1. The molecule has 0 saturated carbocycles. The Hall–Kier alpha value is -4.15. The standard InChI is InChI=1S/C33H39N3O6S/c1-33(2,3)42-31(37)30-29(17-11-12-22-36(30)43(39,40)28-20-18-27(41-4)19-21-28)34-32(38)35(23-25-13-7-5-8-14-25)24-26-15-9-6-10-16-26/h5-16,18-21,29-30H,17,22-24H2,1-4H3,(H,34,38). The Labute approximate surface area is 254 Å². The van der Waals surface area contributed by atoms with Crippen LogP contribution in [0.1, 0.15) is 38.3 Å². The van der Waals surface area contributed by atoms with Gasteiger partial charge in [-0.3, -0.25) is 4.79 Å². The van der Waals surface area contributed by atoms with Gasteiger partial charge in [0.25, 0.3) is 0 Å². The number of hydrogen-bond acceptors (Lipinski definition) is 6. The topological polar surface area (TPSA) is 105 Å². The number of nitrogens with one attached hydrogen (secondary N) is 1. The summed E-state index contributed by atoms with van der Waals surface area (Å²) in [4.78, 5) is 29.3. The summed E-state index contributed by atoms with van der Waals surface area (Å²) in [6.07, 6.45) is 3.70. The van der Waals surface area contributed by atoms with Crippen LogP contribution in [-0.2, 0) is 32.6 Å². The van der Waals surface area contributed by atoms with Gasteiger partial charge in [-0.1, -0.05) is 72.8 Å². The van der Waals surface area contributed by atoms with Crippen LogP contribution in [0.4, 0.5) is 4.79 Å². The van der Waals surface area contributed by atoms with Gasteiger partial charge in [0.2, 0.25) is 10.0 Å². The number of esters is 1. The van der Waals surface area contributed by atoms with Crippen molar-refractivity contribution >= 4 is 22.0 Å². The first kappa shape index (κ1) is 31.8. The molecule has 0 aromatic heterocycles. The molecule has 43 heavy (non-hydrogen) atoms. The number of benzene rings is 3. The predicted octanol–water partition coefficient (Wildman–Crippen LogP) is 5.14. The molecule has 0 aliphatic carbocycles. The number of hydrogen-bond donors (Lipinski definition) is 1. The van der Waals surface area contributed by atoms with Gasteiger partial charge in [0.05, 0.1) is 18.0 Å². The van der Waals surface area contributed by atoms with Crippen molar-refractivity contribution in [2.75, 3.05) is 13.7 Å². The minimum absolute atomic E-state index is 0.00276. The normalized spacial score (nSPS) is 17.5. The highest BCUT2D eigenvalue weighted by Gasteiger charge is 2.44. The molecule has 2 amide bonds. The summed E-state index contributed by atoms with van der Waals surface area (Å²) in [5.41, 5.74) is 0.983. The van der Waals surface area contributed by atoms with Gasteiger partial charge in [-0.25, -0.2) is 13.2 Å². The number of ether oxygens (including phenoxy) is 2. The Kier molecular flexibility index (Phi) is 10.3. The number of carbonyl (C=O) groups excluding carboxylic acids is 2. The number of rotatable bonds is 9. The molecule has 1 aliphatic rings. The fourth-order valence-electron chi connectivity index (χ4n) is 4.83. The van der Waals surface area contributed by atoms with E-state index < -0.39 is 39.7 Å². The molecule has 2 atom stereocenters. The first-order valence-corrected chi connectivity index (χ1v) is 15.6. The van der Waals surface area contributed by atoms with Crippen molar-refractivity contribution in [2.45, 2.75) is 62.9 Å². The fourth-order valence-corrected chi connectivity index (χ4v) is 6.40. The van der Waals surface area contributed by atoms with Crippen molar-refractivity contribution in [3.63, 3.8) is 0 Å². The van der Waals surface area contributed by atoms with Gasteiger partial charge in [-0.05, 0) is 62.6 Å². The lowest BCUT2D eigenvalue weighted by molar-refractivity contribution is -0.160. The highest BCUT2D eigenvalue weighted by molar-refractivity contribution is 7.89. The van der Waals surface area contributed by atoms with Gasteiger partial charge in [0.1, 0.15) is 17.4 Å². The van der Waals surface area contributed by atoms with E-state index in [0.717, 1.165) is 15.4 Å². The summed E-state index contributed by atoms with van der Waals surface area (Å²) >= 11 is 0. The Balaban J connectivity index is 1.69. The van der Waals surface area contributed by atoms with E-state index in [9.17, 15) is 18.0 Å². The van der Waals surface area contributed by atoms with Crippen molar-refractivity contribution in [3.8, 4) is 5.75 Å². The molecular weight excluding hydrogens is 566 g/mol. The zero-order valence-electron chi connectivity index (χ0n) is 25.0. The van der Waals surface area contributed by atoms with E-state index in [1.807, 2.05) is 60.7 Å². The fraction of sp³-hybridized carbons (Fsp3) is 0.333. The molecule has 3 aromatic carbocycles. The van der Waals surface area contributed by atoms with Gasteiger partial charge in [0.15, 0.2) is 0 Å². The first-order chi connectivity index (χ1) is 20.5. The van der Waals surface area contributed by atoms with Crippen LogP contribution in [0.25, 0.3) is 0 Å². The Morgan fingerprint density at radius 2 is 1.44 bits per heavy atom. The average Bonchev–Trinajstić information content (AvgIpc) is 3.20. The van der Waals surface area contributed by atoms with Crippen LogP contribution in [0.2, 0.25) is 0 Å². The number of amides is 2. The van der Waals surface area contributed by atoms with Crippen molar-refractivity contribution < 1.29 is 27.5 Å². The van der Waals surface area contributed by atoms with Crippen LogP contribution in [0, 0.1) is 0 Å². The lowest BCUT2D eigenvalue weighted by Gasteiger charge is -2.35. The first-order valence-electron chi connectivity index (χ1n) is 14.1. The van der Waals surface area contributed by atoms with E-state index in [1.165, 1.54) is 19.2 Å². The van der Waals surface area contributed by atoms with Crippen LogP contribution < -0.4 is 10.1 Å². The molecule has 10 heteroatoms. The van der Waals surface area contributed by atoms with Crippen molar-refractivity contribution in [1.82, 2.24) is 14.5 Å². The second-order valence-corrected chi connectivity index (χ2v) is 13.2. The lowest BCUT2D eigenvalue weighted by atomic mass is 10.0. The molecular formula is C33H39N3O6S. The average molecular weight is 606 g/mol. The summed E-state index contributed by atoms with van der Waals surface area (Å²) in [6.45, 7) is 5.72. The third-order valence-electron chi connectivity index (χ3n) is 6.88. The van der Waals surface area contributed by atoms with Gasteiger partial charge in [-0.15, -0.1) is 0 Å². The maximum absolute atomic E-state index is 14.0. The minimum Gasteiger partial charge on any atom is -0.497 e. The summed E-state index contributed by atoms with van der Waals surface area (Å²) < 4.78 is 40.0. The third kappa shape index (κ3) is 8.46. The van der Waals surface area contributed by atoms with E-state index in [0.29, 0.717) is 18.8 Å². The van der Waals surface area contributed by atoms with Gasteiger partial charge in [0, 0.05) is 19.6 Å². The zero-order valence-corrected chi connectivity index (χ0v) is 25.8. The van der Waals surface area contributed by atoms with Crippen LogP contribution in [-0.4, -0.2) is 61.0 Å². The molecule has 0 radical (unpaired) electrons. The quantitative estimate of drug-likeness (QED) is 0.268. The van der Waals surface area contributed by atoms with E-state index in [2.05, 4.69) is 5.32 Å². The Bertz CT molecular complexity index is 1460. The van der Waals surface area contributed by atoms with E-state index in [4.69, 9.17) is 9.47 Å². The largest absolute Gasteiger partial charge is 0.497 e. The van der Waals surface area contributed by atoms with Crippen LogP contribution >= 0.6 is 0 Å². The van der Waals surface area contributed by atoms with Crippen LogP contribution in [0.3, 0.4) is 0 Å². The Morgan fingerprint density at radius 3 is 1.95 bits per heavy atom. The highest BCUT2D eigenvalue weighted by atomic mass is 32.2. The molecule has 1 N–H and O–H groups in total. The molecule has 0 bridgehead atoms. The van der Waals surface area contributed by atoms with Crippen molar-refractivity contribution in [3.05, 3.63) is 108 Å². The smallest absolute Gasteiger partial charge is 0.327 e. The van der Waals surface area contributed by atoms with E-state index in [-0.39, 0.29) is 17.9 Å². The maximum atomic E-state index is 14.0. The zero-order chi connectivity index (χ0) is 31.0. The summed E-state index contributed by atoms with van der Waals surface area (Å²) in [6, 6.07) is 22.5. The SMILES string of the molecule is COc1ccc(S(=O)(=O)N2CC=CCC(NC(=O)N(Cc3ccccc3)Cc3ccccc3)C2C(=O)OC(C)(C)C)cc1. The number of methoxy groups -OCH3 is 1. The van der Waals surface area contributed by atoms with Crippen LogP contribution in [0.15, 0.2) is 102 Å². The second kappa shape index (κ2) is 13.9. The molecule has 9 nitrogen and oxygen atoms in total. The molecule has 0 saturated heterocycles. The summed E-state index contributed by atoms with van der Waals surface area (Å²) in [5.74, 6) is -0.239. The number of nitrogens with zero attached hydrogens (tertiary/aromatic N) is 2. The third-order valence-corrected chi connectivity index (χ3v) is 8.74. The minimum atomic E-state index is -4.19. The van der Waals surface area contributed by atoms with Gasteiger partial charge in [-0.2, -0.15) is 4.31 Å². The lowest BCUT2D eigenvalue weighted by Crippen LogP contribution is -2.59. The monoisotopic (exact) mass is 605 g/mol. The van der Waals surface area contributed by atoms with Gasteiger partial charge >= 0.3 is 12.0 Å². The van der Waals surface area contributed by atoms with E-state index >= 15 is 0 Å². The second-order valence-electron chi connectivity index (χ2n) is 11.3. The maximum Gasteiger partial charge on any atom is 0.327 e. The molecule has 1 aliphatic heterocycles. The molecule has 2 unspecified atom stereocenters. The van der Waals surface area contributed by atoms with Crippen LogP contribution in [0.5, 0.6) is 5.75 Å². The highest BCUT2D eigenvalue weighted by Crippen LogP contribution is 2.27. The molecule has 0 fully saturated rings. The molecule has 228 valence electrons. The molecule has 3 aromatic rings. The number of urea groups is 1. The number of carbonyl (C=O) groups is 2. The summed E-state index contributed by atoms with van der Waals surface area (Å²) in [5, 5.41) is 3.00. The summed E-state index contributed by atoms with van der Waals surface area (Å²) in [7, 11) is -2.69. The van der Waals surface area contributed by atoms with E-state index in [1.54, 1.807) is 50.0 Å². The Morgan fingerprint density at radius 1 is 0.884 bits per heavy atom. The van der Waals surface area contributed by atoms with Crippen molar-refractivity contribution in [1.29, 1.82) is 0 Å². The predicted molar refractivity (Wildman–Crippen MR) is 165 cm³/mol. The molecule has 4 rings (SSSR count).